The summed E-state index contributed by atoms with van der Waals surface area (Å²) in [7, 11) is 0. The van der Waals surface area contributed by atoms with Crippen molar-refractivity contribution >= 4 is 5.78 Å². The molecule has 0 spiro atoms. The van der Waals surface area contributed by atoms with Gasteiger partial charge in [-0.05, 0) is 42.9 Å². The molecule has 0 radical (unpaired) electrons. The molecule has 2 aromatic carbocycles. The van der Waals surface area contributed by atoms with E-state index in [2.05, 4.69) is 30.3 Å². The number of ether oxygens (including phenoxy) is 1. The largest absolute Gasteiger partial charge is 0.493 e. The fraction of sp³-hybridized carbons (Fsp3) is 0.381. The van der Waals surface area contributed by atoms with Gasteiger partial charge in [0.1, 0.15) is 5.75 Å². The van der Waals surface area contributed by atoms with Gasteiger partial charge in [0.15, 0.2) is 5.78 Å². The molecular weight excluding hydrogens is 284 g/mol. The molecule has 0 saturated heterocycles. The number of benzene rings is 2. The van der Waals surface area contributed by atoms with Crippen LogP contribution in [0.2, 0.25) is 0 Å². The number of Topliss-reactive ketones (excluding diaryl/α,β-unsaturated/α-hetero) is 1. The van der Waals surface area contributed by atoms with Crippen molar-refractivity contribution in [3.63, 3.8) is 0 Å². The van der Waals surface area contributed by atoms with Gasteiger partial charge in [-0.25, -0.2) is 0 Å². The van der Waals surface area contributed by atoms with E-state index < -0.39 is 0 Å². The van der Waals surface area contributed by atoms with Gasteiger partial charge >= 0.3 is 0 Å². The first kappa shape index (κ1) is 15.8. The highest BCUT2D eigenvalue weighted by molar-refractivity contribution is 6.00. The molecule has 0 N–H and O–H groups in total. The molecule has 1 heterocycles. The molecule has 0 saturated carbocycles. The van der Waals surface area contributed by atoms with Crippen LogP contribution < -0.4 is 4.74 Å². The number of hydrogen-bond acceptors (Lipinski definition) is 2. The van der Waals surface area contributed by atoms with Gasteiger partial charge in [0, 0.05) is 6.42 Å². The van der Waals surface area contributed by atoms with Crippen LogP contribution in [-0.2, 0) is 12.8 Å². The lowest BCUT2D eigenvalue weighted by Crippen LogP contribution is -2.11. The van der Waals surface area contributed by atoms with Crippen LogP contribution in [0.25, 0.3) is 0 Å². The minimum atomic E-state index is 0.241. The fourth-order valence-electron chi connectivity index (χ4n) is 3.19. The second-order valence-corrected chi connectivity index (χ2v) is 6.21. The molecule has 2 nitrogen and oxygen atoms in total. The Bertz CT molecular complexity index is 646. The summed E-state index contributed by atoms with van der Waals surface area (Å²) in [5, 5.41) is 0. The smallest absolute Gasteiger partial charge is 0.166 e. The highest BCUT2D eigenvalue weighted by Crippen LogP contribution is 2.27. The molecule has 0 fully saturated rings. The van der Waals surface area contributed by atoms with E-state index >= 15 is 0 Å². The lowest BCUT2D eigenvalue weighted by Gasteiger charge is -2.16. The summed E-state index contributed by atoms with van der Waals surface area (Å²) < 4.78 is 5.91. The number of carbonyl (C=O) groups is 1. The lowest BCUT2D eigenvalue weighted by molar-refractivity contribution is 0.0971. The van der Waals surface area contributed by atoms with Gasteiger partial charge in [-0.1, -0.05) is 55.3 Å². The van der Waals surface area contributed by atoms with Crippen molar-refractivity contribution in [2.75, 3.05) is 6.61 Å². The average molecular weight is 308 g/mol. The molecule has 0 amide bonds. The standard InChI is InChI=1S/C21H24O2/c22-19-12-6-1-2-7-16-23-20-13-8-11-18(21(19)20)15-14-17-9-4-3-5-10-17/h3-5,8-11,13H,1-2,6-7,12,14-16H2. The molecule has 1 aliphatic heterocycles. The second kappa shape index (κ2) is 7.96. The summed E-state index contributed by atoms with van der Waals surface area (Å²) in [5.41, 5.74) is 3.25. The molecule has 0 aliphatic carbocycles. The number of rotatable bonds is 3. The molecule has 0 bridgehead atoms. The zero-order valence-electron chi connectivity index (χ0n) is 13.6. The van der Waals surface area contributed by atoms with E-state index in [1.807, 2.05) is 18.2 Å². The van der Waals surface area contributed by atoms with Crippen molar-refractivity contribution in [1.29, 1.82) is 0 Å². The van der Waals surface area contributed by atoms with E-state index in [-0.39, 0.29) is 5.78 Å². The maximum Gasteiger partial charge on any atom is 0.166 e. The van der Waals surface area contributed by atoms with Crippen LogP contribution in [0.15, 0.2) is 48.5 Å². The molecular formula is C21H24O2. The average Bonchev–Trinajstić information content (AvgIpc) is 2.60. The van der Waals surface area contributed by atoms with Crippen molar-refractivity contribution in [2.45, 2.75) is 44.9 Å². The van der Waals surface area contributed by atoms with Crippen LogP contribution in [0.5, 0.6) is 5.75 Å². The van der Waals surface area contributed by atoms with Crippen LogP contribution in [0, 0.1) is 0 Å². The highest BCUT2D eigenvalue weighted by Gasteiger charge is 2.18. The Morgan fingerprint density at radius 3 is 2.52 bits per heavy atom. The fourth-order valence-corrected chi connectivity index (χ4v) is 3.19. The van der Waals surface area contributed by atoms with E-state index in [9.17, 15) is 4.79 Å². The Hall–Kier alpha value is -2.09. The number of aryl methyl sites for hydroxylation is 2. The molecule has 23 heavy (non-hydrogen) atoms. The maximum absolute atomic E-state index is 12.7. The van der Waals surface area contributed by atoms with Crippen LogP contribution in [0.1, 0.15) is 53.6 Å². The third kappa shape index (κ3) is 4.22. The van der Waals surface area contributed by atoms with Gasteiger partial charge < -0.3 is 4.74 Å². The zero-order chi connectivity index (χ0) is 15.9. The first-order chi connectivity index (χ1) is 11.3. The van der Waals surface area contributed by atoms with Crippen molar-refractivity contribution in [1.82, 2.24) is 0 Å². The predicted octanol–water partition coefficient (Wildman–Crippen LogP) is 5.00. The van der Waals surface area contributed by atoms with Crippen LogP contribution in [-0.4, -0.2) is 12.4 Å². The van der Waals surface area contributed by atoms with Gasteiger partial charge in [0.2, 0.25) is 0 Å². The lowest BCUT2D eigenvalue weighted by atomic mass is 9.94. The van der Waals surface area contributed by atoms with E-state index in [1.165, 1.54) is 5.56 Å². The quantitative estimate of drug-likeness (QED) is 0.798. The predicted molar refractivity (Wildman–Crippen MR) is 93.2 cm³/mol. The molecule has 120 valence electrons. The highest BCUT2D eigenvalue weighted by atomic mass is 16.5. The van der Waals surface area contributed by atoms with Crippen molar-refractivity contribution in [3.05, 3.63) is 65.2 Å². The van der Waals surface area contributed by atoms with Gasteiger partial charge in [-0.2, -0.15) is 0 Å². The molecule has 3 rings (SSSR count). The van der Waals surface area contributed by atoms with E-state index in [1.54, 1.807) is 0 Å². The van der Waals surface area contributed by atoms with Gasteiger partial charge in [-0.15, -0.1) is 0 Å². The third-order valence-corrected chi connectivity index (χ3v) is 4.47. The van der Waals surface area contributed by atoms with Crippen molar-refractivity contribution in [3.8, 4) is 5.75 Å². The normalized spacial score (nSPS) is 15.6. The topological polar surface area (TPSA) is 26.3 Å². The number of fused-ring (bicyclic) bond motifs is 1. The number of hydrogen-bond donors (Lipinski definition) is 0. The Morgan fingerprint density at radius 2 is 1.65 bits per heavy atom. The first-order valence-corrected chi connectivity index (χ1v) is 8.66. The summed E-state index contributed by atoms with van der Waals surface area (Å²) in [6, 6.07) is 16.5. The van der Waals surface area contributed by atoms with E-state index in [0.29, 0.717) is 13.0 Å². The Balaban J connectivity index is 1.83. The molecule has 2 heteroatoms. The molecule has 2 aromatic rings. The van der Waals surface area contributed by atoms with Crippen LogP contribution in [0.3, 0.4) is 0 Å². The molecule has 0 aromatic heterocycles. The summed E-state index contributed by atoms with van der Waals surface area (Å²) in [5.74, 6) is 1.02. The van der Waals surface area contributed by atoms with Crippen LogP contribution >= 0.6 is 0 Å². The summed E-state index contributed by atoms with van der Waals surface area (Å²) in [6.45, 7) is 0.711. The maximum atomic E-state index is 12.7. The van der Waals surface area contributed by atoms with Gasteiger partial charge in [0.05, 0.1) is 12.2 Å². The number of ketones is 1. The summed E-state index contributed by atoms with van der Waals surface area (Å²) in [4.78, 5) is 12.7. The molecule has 1 aliphatic rings. The zero-order valence-corrected chi connectivity index (χ0v) is 13.6. The first-order valence-electron chi connectivity index (χ1n) is 8.66. The minimum Gasteiger partial charge on any atom is -0.493 e. The van der Waals surface area contributed by atoms with E-state index in [4.69, 9.17) is 4.74 Å². The second-order valence-electron chi connectivity index (χ2n) is 6.21. The van der Waals surface area contributed by atoms with Crippen molar-refractivity contribution < 1.29 is 9.53 Å². The third-order valence-electron chi connectivity index (χ3n) is 4.47. The molecule has 0 unspecified atom stereocenters. The Morgan fingerprint density at radius 1 is 0.826 bits per heavy atom. The monoisotopic (exact) mass is 308 g/mol. The molecule has 0 atom stereocenters. The Kier molecular flexibility index (Phi) is 5.46. The van der Waals surface area contributed by atoms with E-state index in [0.717, 1.165) is 55.4 Å². The van der Waals surface area contributed by atoms with Gasteiger partial charge in [0.25, 0.3) is 0 Å². The summed E-state index contributed by atoms with van der Waals surface area (Å²) >= 11 is 0. The number of carbonyl (C=O) groups excluding carboxylic acids is 1. The Labute approximate surface area is 138 Å². The SMILES string of the molecule is O=C1CCCCCCOc2cccc(CCc3ccccc3)c21. The van der Waals surface area contributed by atoms with Crippen LogP contribution in [0.4, 0.5) is 0 Å². The van der Waals surface area contributed by atoms with Gasteiger partial charge in [-0.3, -0.25) is 4.79 Å². The summed E-state index contributed by atoms with van der Waals surface area (Å²) in [6.07, 6.45) is 6.80. The minimum absolute atomic E-state index is 0.241. The van der Waals surface area contributed by atoms with Crippen molar-refractivity contribution in [2.24, 2.45) is 0 Å².